The summed E-state index contributed by atoms with van der Waals surface area (Å²) in [5, 5.41) is 13.4. The minimum atomic E-state index is -0.515. The first kappa shape index (κ1) is 17.2. The van der Waals surface area contributed by atoms with Gasteiger partial charge in [-0.25, -0.2) is 14.8 Å². The number of aryl methyl sites for hydroxylation is 1. The van der Waals surface area contributed by atoms with Crippen molar-refractivity contribution in [1.82, 2.24) is 15.3 Å². The van der Waals surface area contributed by atoms with Gasteiger partial charge in [-0.15, -0.1) is 0 Å². The predicted octanol–water partition coefficient (Wildman–Crippen LogP) is 2.96. The number of nitrogens with one attached hydrogen (secondary N) is 2. The summed E-state index contributed by atoms with van der Waals surface area (Å²) in [5.41, 5.74) is 1.18. The molecule has 1 amide bonds. The van der Waals surface area contributed by atoms with E-state index in [4.69, 9.17) is 4.74 Å². The Labute approximate surface area is 138 Å². The van der Waals surface area contributed by atoms with Gasteiger partial charge in [-0.3, -0.25) is 0 Å². The van der Waals surface area contributed by atoms with Crippen molar-refractivity contribution in [1.29, 1.82) is 0 Å². The number of hydrogen-bond donors (Lipinski definition) is 2. The third-order valence-corrected chi connectivity index (χ3v) is 3.08. The largest absolute Gasteiger partial charge is 0.445 e. The number of aromatic nitrogens is 2. The fourth-order valence-electron chi connectivity index (χ4n) is 1.98. The molecule has 1 heterocycles. The maximum atomic E-state index is 11.5. The van der Waals surface area contributed by atoms with Crippen molar-refractivity contribution in [2.45, 2.75) is 20.0 Å². The van der Waals surface area contributed by atoms with Gasteiger partial charge in [0.05, 0.1) is 0 Å². The second-order valence-electron chi connectivity index (χ2n) is 4.99. The molecular formula is C16H18N4O4. The smallest absolute Gasteiger partial charge is 0.407 e. The molecule has 2 rings (SSSR count). The number of nitrogens with zero attached hydrogens (tertiary/aromatic N) is 2. The van der Waals surface area contributed by atoms with Crippen molar-refractivity contribution >= 4 is 18.0 Å². The highest BCUT2D eigenvalue weighted by Crippen LogP contribution is 2.16. The first-order chi connectivity index (χ1) is 11.6. The summed E-state index contributed by atoms with van der Waals surface area (Å²) in [6.07, 6.45) is 3.26. The zero-order valence-corrected chi connectivity index (χ0v) is 13.2. The lowest BCUT2D eigenvalue weighted by atomic mass is 10.2. The fraction of sp³-hybridized carbons (Fsp3) is 0.250. The number of ether oxygens (including phenoxy) is 1. The number of imidazole rings is 1. The first-order valence-electron chi connectivity index (χ1n) is 7.38. The SMILES string of the molecule is Cc1nc(C=CCCNC(=O)OCc2ccccc2)c([N+](=O)[O-])[nH]1. The predicted molar refractivity (Wildman–Crippen MR) is 88.3 cm³/mol. The van der Waals surface area contributed by atoms with Gasteiger partial charge in [0.1, 0.15) is 6.61 Å². The van der Waals surface area contributed by atoms with Gasteiger partial charge >= 0.3 is 11.9 Å². The van der Waals surface area contributed by atoms with E-state index in [9.17, 15) is 14.9 Å². The van der Waals surface area contributed by atoms with Crippen LogP contribution in [0.2, 0.25) is 0 Å². The molecule has 8 heteroatoms. The molecule has 0 atom stereocenters. The van der Waals surface area contributed by atoms with Crippen molar-refractivity contribution in [2.75, 3.05) is 6.54 Å². The van der Waals surface area contributed by atoms with E-state index < -0.39 is 11.0 Å². The lowest BCUT2D eigenvalue weighted by Crippen LogP contribution is -2.24. The van der Waals surface area contributed by atoms with Crippen LogP contribution in [0.25, 0.3) is 6.08 Å². The molecule has 0 fully saturated rings. The average Bonchev–Trinajstić information content (AvgIpc) is 2.94. The molecule has 24 heavy (non-hydrogen) atoms. The van der Waals surface area contributed by atoms with E-state index in [1.807, 2.05) is 30.3 Å². The number of amides is 1. The van der Waals surface area contributed by atoms with E-state index in [0.29, 0.717) is 18.8 Å². The molecule has 0 bridgehead atoms. The molecule has 0 saturated carbocycles. The maximum Gasteiger partial charge on any atom is 0.407 e. The lowest BCUT2D eigenvalue weighted by Gasteiger charge is -2.05. The van der Waals surface area contributed by atoms with Crippen LogP contribution >= 0.6 is 0 Å². The van der Waals surface area contributed by atoms with Crippen LogP contribution in [0.1, 0.15) is 23.5 Å². The monoisotopic (exact) mass is 330 g/mol. The van der Waals surface area contributed by atoms with Crippen molar-refractivity contribution in [3.63, 3.8) is 0 Å². The minimum Gasteiger partial charge on any atom is -0.445 e. The van der Waals surface area contributed by atoms with E-state index in [1.54, 1.807) is 19.1 Å². The second kappa shape index (κ2) is 8.47. The molecule has 0 aliphatic heterocycles. The lowest BCUT2D eigenvalue weighted by molar-refractivity contribution is -0.389. The highest BCUT2D eigenvalue weighted by atomic mass is 16.6. The molecule has 2 aromatic rings. The summed E-state index contributed by atoms with van der Waals surface area (Å²) in [6, 6.07) is 9.37. The summed E-state index contributed by atoms with van der Waals surface area (Å²) >= 11 is 0. The van der Waals surface area contributed by atoms with E-state index in [0.717, 1.165) is 5.56 Å². The molecule has 0 spiro atoms. The van der Waals surface area contributed by atoms with E-state index >= 15 is 0 Å². The maximum absolute atomic E-state index is 11.5. The van der Waals surface area contributed by atoms with Gasteiger partial charge in [0.15, 0.2) is 11.5 Å². The second-order valence-corrected chi connectivity index (χ2v) is 4.99. The summed E-state index contributed by atoms with van der Waals surface area (Å²) in [7, 11) is 0. The number of aromatic amines is 1. The highest BCUT2D eigenvalue weighted by Gasteiger charge is 2.14. The van der Waals surface area contributed by atoms with Gasteiger partial charge in [0.25, 0.3) is 0 Å². The number of benzene rings is 1. The van der Waals surface area contributed by atoms with Crippen LogP contribution in [-0.4, -0.2) is 27.5 Å². The van der Waals surface area contributed by atoms with Crippen LogP contribution in [-0.2, 0) is 11.3 Å². The molecule has 8 nitrogen and oxygen atoms in total. The van der Waals surface area contributed by atoms with Gasteiger partial charge in [0, 0.05) is 13.5 Å². The van der Waals surface area contributed by atoms with E-state index in [2.05, 4.69) is 15.3 Å². The van der Waals surface area contributed by atoms with Crippen LogP contribution < -0.4 is 5.32 Å². The number of carbonyl (C=O) groups excluding carboxylic acids is 1. The molecule has 0 aliphatic rings. The summed E-state index contributed by atoms with van der Waals surface area (Å²) < 4.78 is 5.07. The normalized spacial score (nSPS) is 10.7. The Morgan fingerprint density at radius 1 is 1.42 bits per heavy atom. The summed E-state index contributed by atoms with van der Waals surface area (Å²) in [4.78, 5) is 28.5. The van der Waals surface area contributed by atoms with Crippen LogP contribution in [0.3, 0.4) is 0 Å². The van der Waals surface area contributed by atoms with Crippen LogP contribution in [0, 0.1) is 17.0 Å². The summed E-state index contributed by atoms with van der Waals surface area (Å²) in [5.74, 6) is 0.336. The molecule has 1 aromatic carbocycles. The molecule has 0 saturated heterocycles. The highest BCUT2D eigenvalue weighted by molar-refractivity contribution is 5.67. The number of rotatable bonds is 7. The van der Waals surface area contributed by atoms with E-state index in [-0.39, 0.29) is 18.1 Å². The third-order valence-electron chi connectivity index (χ3n) is 3.08. The minimum absolute atomic E-state index is 0.140. The van der Waals surface area contributed by atoms with E-state index in [1.165, 1.54) is 0 Å². The molecular weight excluding hydrogens is 312 g/mol. The van der Waals surface area contributed by atoms with Gasteiger partial charge in [-0.2, -0.15) is 0 Å². The van der Waals surface area contributed by atoms with Crippen LogP contribution in [0.4, 0.5) is 10.6 Å². The Morgan fingerprint density at radius 2 is 2.17 bits per heavy atom. The van der Waals surface area contributed by atoms with Crippen LogP contribution in [0.15, 0.2) is 36.4 Å². The van der Waals surface area contributed by atoms with Gasteiger partial charge in [-0.05, 0) is 23.0 Å². The number of carbonyl (C=O) groups is 1. The number of H-pyrrole nitrogens is 1. The number of hydrogen-bond acceptors (Lipinski definition) is 5. The Morgan fingerprint density at radius 3 is 2.88 bits per heavy atom. The first-order valence-corrected chi connectivity index (χ1v) is 7.38. The molecule has 0 radical (unpaired) electrons. The zero-order valence-electron chi connectivity index (χ0n) is 13.2. The fourth-order valence-corrected chi connectivity index (χ4v) is 1.98. The molecule has 2 N–H and O–H groups in total. The molecule has 0 unspecified atom stereocenters. The van der Waals surface area contributed by atoms with Gasteiger partial charge in [-0.1, -0.05) is 36.4 Å². The standard InChI is InChI=1S/C16H18N4O4/c1-12-18-14(15(19-12)20(22)23)9-5-6-10-17-16(21)24-11-13-7-3-2-4-8-13/h2-5,7-9H,6,10-11H2,1H3,(H,17,21)(H,18,19). The van der Waals surface area contributed by atoms with Crippen molar-refractivity contribution < 1.29 is 14.5 Å². The Balaban J connectivity index is 1.71. The van der Waals surface area contributed by atoms with Crippen molar-refractivity contribution in [2.24, 2.45) is 0 Å². The van der Waals surface area contributed by atoms with Crippen molar-refractivity contribution in [3.05, 3.63) is 63.6 Å². The number of nitro groups is 1. The average molecular weight is 330 g/mol. The van der Waals surface area contributed by atoms with Gasteiger partial charge < -0.3 is 20.2 Å². The topological polar surface area (TPSA) is 110 Å². The van der Waals surface area contributed by atoms with Gasteiger partial charge in [0.2, 0.25) is 0 Å². The quantitative estimate of drug-likeness (QED) is 0.461. The third kappa shape index (κ3) is 5.24. The molecule has 0 aliphatic carbocycles. The Bertz CT molecular complexity index is 725. The molecule has 1 aromatic heterocycles. The Hall–Kier alpha value is -3.16. The van der Waals surface area contributed by atoms with Crippen LogP contribution in [0.5, 0.6) is 0 Å². The Kier molecular flexibility index (Phi) is 6.07. The number of alkyl carbamates (subject to hydrolysis) is 1. The zero-order chi connectivity index (χ0) is 17.4. The summed E-state index contributed by atoms with van der Waals surface area (Å²) in [6.45, 7) is 2.22. The van der Waals surface area contributed by atoms with Crippen molar-refractivity contribution in [3.8, 4) is 0 Å². The molecule has 126 valence electrons.